The molecule has 3 N–H and O–H groups in total. The van der Waals surface area contributed by atoms with Crippen LogP contribution >= 0.6 is 15.9 Å². The first-order chi connectivity index (χ1) is 6.24. The summed E-state index contributed by atoms with van der Waals surface area (Å²) in [5.74, 6) is 1.11. The van der Waals surface area contributed by atoms with Crippen molar-refractivity contribution in [3.05, 3.63) is 10.7 Å². The number of nitrogens with two attached hydrogens (primary N) is 1. The zero-order chi connectivity index (χ0) is 9.26. The lowest BCUT2D eigenvalue weighted by atomic mass is 9.93. The molecule has 0 unspecified atom stereocenters. The van der Waals surface area contributed by atoms with Gasteiger partial charge in [-0.25, -0.2) is 4.98 Å². The lowest BCUT2D eigenvalue weighted by molar-refractivity contribution is 0.443. The van der Waals surface area contributed by atoms with Crippen LogP contribution in [0.15, 0.2) is 10.7 Å². The molecule has 0 aromatic carbocycles. The minimum Gasteiger partial charge on any atom is -0.383 e. The van der Waals surface area contributed by atoms with Crippen LogP contribution in [0.4, 0.5) is 11.8 Å². The van der Waals surface area contributed by atoms with Gasteiger partial charge in [-0.3, -0.25) is 0 Å². The van der Waals surface area contributed by atoms with E-state index in [0.29, 0.717) is 17.8 Å². The van der Waals surface area contributed by atoms with Crippen LogP contribution in [0.25, 0.3) is 0 Å². The molecule has 1 aromatic rings. The molecule has 70 valence electrons. The molecule has 0 amide bonds. The molecule has 1 aliphatic carbocycles. The van der Waals surface area contributed by atoms with Crippen molar-refractivity contribution in [2.45, 2.75) is 25.3 Å². The van der Waals surface area contributed by atoms with Crippen LogP contribution in [0.5, 0.6) is 0 Å². The molecule has 0 radical (unpaired) electrons. The second-order valence-corrected chi connectivity index (χ2v) is 4.02. The Morgan fingerprint density at radius 2 is 2.23 bits per heavy atom. The van der Waals surface area contributed by atoms with Gasteiger partial charge in [-0.15, -0.1) is 0 Å². The number of halogens is 1. The first-order valence-electron chi connectivity index (χ1n) is 4.30. The van der Waals surface area contributed by atoms with Gasteiger partial charge in [-0.05, 0) is 35.2 Å². The summed E-state index contributed by atoms with van der Waals surface area (Å²) >= 11 is 3.27. The van der Waals surface area contributed by atoms with Crippen LogP contribution in [-0.4, -0.2) is 16.0 Å². The van der Waals surface area contributed by atoms with Crippen LogP contribution in [0.3, 0.4) is 0 Å². The molecule has 13 heavy (non-hydrogen) atoms. The minimum atomic E-state index is 0.490. The number of hydrogen-bond donors (Lipinski definition) is 2. The Bertz CT molecular complexity index is 291. The monoisotopic (exact) mass is 242 g/mol. The van der Waals surface area contributed by atoms with Gasteiger partial charge in [-0.1, -0.05) is 0 Å². The lowest BCUT2D eigenvalue weighted by Gasteiger charge is -2.26. The van der Waals surface area contributed by atoms with Gasteiger partial charge in [0.05, 0.1) is 0 Å². The normalized spacial score (nSPS) is 16.7. The molecular weight excluding hydrogens is 232 g/mol. The summed E-state index contributed by atoms with van der Waals surface area (Å²) < 4.78 is 0.724. The molecule has 0 spiro atoms. The van der Waals surface area contributed by atoms with E-state index in [2.05, 4.69) is 31.2 Å². The van der Waals surface area contributed by atoms with E-state index in [0.717, 1.165) is 4.60 Å². The molecule has 0 aliphatic heterocycles. The highest BCUT2D eigenvalue weighted by Crippen LogP contribution is 2.22. The fourth-order valence-electron chi connectivity index (χ4n) is 1.23. The quantitative estimate of drug-likeness (QED) is 0.777. The summed E-state index contributed by atoms with van der Waals surface area (Å²) in [7, 11) is 0. The number of nitrogens with zero attached hydrogens (tertiary/aromatic N) is 2. The maximum Gasteiger partial charge on any atom is 0.225 e. The maximum absolute atomic E-state index is 5.57. The zero-order valence-corrected chi connectivity index (χ0v) is 8.71. The summed E-state index contributed by atoms with van der Waals surface area (Å²) in [4.78, 5) is 8.25. The van der Waals surface area contributed by atoms with Crippen molar-refractivity contribution >= 4 is 27.7 Å². The van der Waals surface area contributed by atoms with Crippen molar-refractivity contribution in [1.29, 1.82) is 0 Å². The van der Waals surface area contributed by atoms with E-state index >= 15 is 0 Å². The van der Waals surface area contributed by atoms with Crippen molar-refractivity contribution < 1.29 is 0 Å². The van der Waals surface area contributed by atoms with Gasteiger partial charge in [0.1, 0.15) is 10.4 Å². The first kappa shape index (κ1) is 8.74. The third-order valence-corrected chi connectivity index (χ3v) is 2.56. The Hall–Kier alpha value is -0.840. The van der Waals surface area contributed by atoms with Gasteiger partial charge in [0.2, 0.25) is 5.95 Å². The predicted octanol–water partition coefficient (Wildman–Crippen LogP) is 1.79. The molecule has 1 saturated carbocycles. The van der Waals surface area contributed by atoms with Crippen LogP contribution in [0.2, 0.25) is 0 Å². The first-order valence-corrected chi connectivity index (χ1v) is 5.10. The van der Waals surface area contributed by atoms with Crippen LogP contribution < -0.4 is 11.1 Å². The van der Waals surface area contributed by atoms with E-state index in [9.17, 15) is 0 Å². The van der Waals surface area contributed by atoms with Crippen molar-refractivity contribution in [3.63, 3.8) is 0 Å². The number of nitrogens with one attached hydrogen (secondary N) is 1. The van der Waals surface area contributed by atoms with Gasteiger partial charge in [0.15, 0.2) is 0 Å². The molecule has 2 rings (SSSR count). The topological polar surface area (TPSA) is 63.8 Å². The van der Waals surface area contributed by atoms with Crippen molar-refractivity contribution in [2.75, 3.05) is 11.1 Å². The van der Waals surface area contributed by atoms with E-state index in [1.807, 2.05) is 0 Å². The fourth-order valence-corrected chi connectivity index (χ4v) is 1.64. The molecule has 1 aliphatic rings. The number of nitrogen functional groups attached to an aromatic ring is 1. The van der Waals surface area contributed by atoms with E-state index in [-0.39, 0.29) is 0 Å². The highest BCUT2D eigenvalue weighted by Gasteiger charge is 2.17. The molecule has 1 aromatic heterocycles. The van der Waals surface area contributed by atoms with Gasteiger partial charge in [-0.2, -0.15) is 4.98 Å². The zero-order valence-electron chi connectivity index (χ0n) is 7.13. The van der Waals surface area contributed by atoms with Crippen molar-refractivity contribution in [2.24, 2.45) is 0 Å². The largest absolute Gasteiger partial charge is 0.383 e. The molecule has 0 atom stereocenters. The predicted molar refractivity (Wildman–Crippen MR) is 55.4 cm³/mol. The Labute approximate surface area is 85.1 Å². The highest BCUT2D eigenvalue weighted by atomic mass is 79.9. The molecular formula is C8H11BrN4. The molecule has 4 nitrogen and oxygen atoms in total. The van der Waals surface area contributed by atoms with E-state index in [4.69, 9.17) is 5.73 Å². The SMILES string of the molecule is Nc1cc(Br)nc(NC2CCC2)n1. The average molecular weight is 243 g/mol. The molecule has 1 heterocycles. The average Bonchev–Trinajstić information content (AvgIpc) is 1.95. The standard InChI is InChI=1S/C8H11BrN4/c9-6-4-7(10)13-8(12-6)11-5-2-1-3-5/h4-5H,1-3H2,(H3,10,11,12,13). The summed E-state index contributed by atoms with van der Waals surface area (Å²) in [5.41, 5.74) is 5.57. The van der Waals surface area contributed by atoms with Crippen LogP contribution in [0, 0.1) is 0 Å². The van der Waals surface area contributed by atoms with E-state index in [1.54, 1.807) is 6.07 Å². The van der Waals surface area contributed by atoms with Gasteiger partial charge in [0.25, 0.3) is 0 Å². The van der Waals surface area contributed by atoms with Crippen molar-refractivity contribution in [1.82, 2.24) is 9.97 Å². The Morgan fingerprint density at radius 1 is 1.46 bits per heavy atom. The molecule has 5 heteroatoms. The maximum atomic E-state index is 5.57. The van der Waals surface area contributed by atoms with Gasteiger partial charge >= 0.3 is 0 Å². The Balaban J connectivity index is 2.10. The Morgan fingerprint density at radius 3 is 2.77 bits per heavy atom. The van der Waals surface area contributed by atoms with E-state index in [1.165, 1.54) is 19.3 Å². The summed E-state index contributed by atoms with van der Waals surface area (Å²) in [6.07, 6.45) is 3.70. The fraction of sp³-hybridized carbons (Fsp3) is 0.500. The van der Waals surface area contributed by atoms with Crippen LogP contribution in [0.1, 0.15) is 19.3 Å². The molecule has 0 saturated heterocycles. The number of hydrogen-bond acceptors (Lipinski definition) is 4. The number of anilines is 2. The van der Waals surface area contributed by atoms with E-state index < -0.39 is 0 Å². The highest BCUT2D eigenvalue weighted by molar-refractivity contribution is 9.10. The summed E-state index contributed by atoms with van der Waals surface area (Å²) in [6.45, 7) is 0. The third kappa shape index (κ3) is 2.09. The second-order valence-electron chi connectivity index (χ2n) is 3.21. The molecule has 1 fully saturated rings. The smallest absolute Gasteiger partial charge is 0.225 e. The number of aromatic nitrogens is 2. The summed E-state index contributed by atoms with van der Waals surface area (Å²) in [6, 6.07) is 2.22. The molecule has 0 bridgehead atoms. The third-order valence-electron chi connectivity index (χ3n) is 2.15. The Kier molecular flexibility index (Phi) is 2.35. The minimum absolute atomic E-state index is 0.490. The van der Waals surface area contributed by atoms with Crippen LogP contribution in [-0.2, 0) is 0 Å². The van der Waals surface area contributed by atoms with Gasteiger partial charge < -0.3 is 11.1 Å². The van der Waals surface area contributed by atoms with Crippen molar-refractivity contribution in [3.8, 4) is 0 Å². The second kappa shape index (κ2) is 3.49. The lowest BCUT2D eigenvalue weighted by Crippen LogP contribution is -2.28. The van der Waals surface area contributed by atoms with Gasteiger partial charge in [0, 0.05) is 12.1 Å². The number of rotatable bonds is 2. The summed E-state index contributed by atoms with van der Waals surface area (Å²) in [5, 5.41) is 3.23.